The summed E-state index contributed by atoms with van der Waals surface area (Å²) >= 11 is 6.27. The Balaban J connectivity index is 1.64. The Hall–Kier alpha value is -3.31. The lowest BCUT2D eigenvalue weighted by atomic mass is 9.73. The first kappa shape index (κ1) is 20.3. The summed E-state index contributed by atoms with van der Waals surface area (Å²) in [7, 11) is 0. The molecule has 0 radical (unpaired) electrons. The number of benzene rings is 3. The van der Waals surface area contributed by atoms with E-state index in [9.17, 15) is 9.59 Å². The Morgan fingerprint density at radius 1 is 1.06 bits per heavy atom. The van der Waals surface area contributed by atoms with Crippen molar-refractivity contribution < 1.29 is 14.3 Å². The molecule has 5 nitrogen and oxygen atoms in total. The van der Waals surface area contributed by atoms with Crippen LogP contribution in [0.25, 0.3) is 0 Å². The standard InChI is InChI=1S/C27H23ClN2O3/c1-15-8-11-22-19(12-15)24-20(14-33-22)23(16-6-4-3-5-7-16)27(2)26(32)29-21-10-9-17(28)13-18(21)25(31)30(24)27/h3-13,20,23-24H,14H2,1-2H3,(H,29,32)/t20-,23+,24+,27-/m1/s1. The second kappa shape index (κ2) is 7.09. The lowest BCUT2D eigenvalue weighted by Gasteiger charge is -2.38. The second-order valence-corrected chi connectivity index (χ2v) is 9.75. The van der Waals surface area contributed by atoms with E-state index in [1.807, 2.05) is 56.3 Å². The zero-order valence-electron chi connectivity index (χ0n) is 18.3. The van der Waals surface area contributed by atoms with Crippen molar-refractivity contribution in [2.75, 3.05) is 11.9 Å². The number of carbonyl (C=O) groups excluding carboxylic acids is 2. The molecule has 0 aromatic heterocycles. The van der Waals surface area contributed by atoms with Crippen LogP contribution in [-0.2, 0) is 4.79 Å². The van der Waals surface area contributed by atoms with E-state index < -0.39 is 5.54 Å². The number of fused-ring (bicyclic) bond motifs is 6. The monoisotopic (exact) mass is 458 g/mol. The number of hydrogen-bond acceptors (Lipinski definition) is 3. The third kappa shape index (κ3) is 2.78. The fourth-order valence-corrected chi connectivity index (χ4v) is 6.18. The zero-order chi connectivity index (χ0) is 22.9. The van der Waals surface area contributed by atoms with Gasteiger partial charge < -0.3 is 15.0 Å². The molecular formula is C27H23ClN2O3. The maximum absolute atomic E-state index is 14.2. The maximum Gasteiger partial charge on any atom is 0.257 e. The van der Waals surface area contributed by atoms with Crippen LogP contribution in [0.5, 0.6) is 5.75 Å². The van der Waals surface area contributed by atoms with Gasteiger partial charge in [-0.25, -0.2) is 0 Å². The van der Waals surface area contributed by atoms with Crippen LogP contribution in [0.2, 0.25) is 5.02 Å². The molecule has 0 saturated carbocycles. The minimum Gasteiger partial charge on any atom is -0.493 e. The molecule has 3 aromatic carbocycles. The molecule has 4 atom stereocenters. The van der Waals surface area contributed by atoms with Crippen LogP contribution in [0.3, 0.4) is 0 Å². The minimum atomic E-state index is -1.12. The van der Waals surface area contributed by atoms with E-state index in [1.165, 1.54) is 0 Å². The number of hydrogen-bond donors (Lipinski definition) is 1. The van der Waals surface area contributed by atoms with Gasteiger partial charge in [-0.05, 0) is 43.7 Å². The van der Waals surface area contributed by atoms with Crippen molar-refractivity contribution in [3.63, 3.8) is 0 Å². The van der Waals surface area contributed by atoms with Crippen molar-refractivity contribution in [3.05, 3.63) is 94.0 Å². The van der Waals surface area contributed by atoms with E-state index >= 15 is 0 Å². The normalized spacial score (nSPS) is 27.5. The van der Waals surface area contributed by atoms with E-state index in [1.54, 1.807) is 23.1 Å². The van der Waals surface area contributed by atoms with Crippen LogP contribution in [0.4, 0.5) is 5.69 Å². The molecule has 3 aromatic rings. The SMILES string of the molecule is Cc1ccc2c(c1)[C@H]1[C@H](CO2)[C@H](c2ccccc2)[C@]2(C)C(=O)Nc3ccc(Cl)cc3C(=O)N12. The molecule has 6 rings (SSSR count). The first-order valence-electron chi connectivity index (χ1n) is 11.1. The van der Waals surface area contributed by atoms with Gasteiger partial charge in [0.05, 0.1) is 23.9 Å². The number of halogens is 1. The Labute approximate surface area is 197 Å². The number of nitrogens with zero attached hydrogens (tertiary/aromatic N) is 1. The van der Waals surface area contributed by atoms with Gasteiger partial charge in [0, 0.05) is 22.4 Å². The Morgan fingerprint density at radius 2 is 1.85 bits per heavy atom. The molecule has 1 N–H and O–H groups in total. The van der Waals surface area contributed by atoms with Gasteiger partial charge in [0.1, 0.15) is 11.3 Å². The summed E-state index contributed by atoms with van der Waals surface area (Å²) in [6.07, 6.45) is 0. The van der Waals surface area contributed by atoms with Crippen molar-refractivity contribution in [2.45, 2.75) is 31.3 Å². The molecule has 0 unspecified atom stereocenters. The van der Waals surface area contributed by atoms with Gasteiger partial charge in [-0.3, -0.25) is 9.59 Å². The second-order valence-electron chi connectivity index (χ2n) is 9.32. The predicted octanol–water partition coefficient (Wildman–Crippen LogP) is 5.35. The van der Waals surface area contributed by atoms with Crippen LogP contribution in [0.1, 0.15) is 45.9 Å². The molecule has 2 amide bonds. The van der Waals surface area contributed by atoms with Gasteiger partial charge in [0.15, 0.2) is 0 Å². The van der Waals surface area contributed by atoms with Gasteiger partial charge in [-0.2, -0.15) is 0 Å². The minimum absolute atomic E-state index is 0.0814. The van der Waals surface area contributed by atoms with Crippen molar-refractivity contribution in [2.24, 2.45) is 5.92 Å². The smallest absolute Gasteiger partial charge is 0.257 e. The lowest BCUT2D eigenvalue weighted by Crippen LogP contribution is -2.54. The van der Waals surface area contributed by atoms with Crippen LogP contribution in [0, 0.1) is 12.8 Å². The Bertz CT molecular complexity index is 1310. The highest BCUT2D eigenvalue weighted by Gasteiger charge is 2.65. The lowest BCUT2D eigenvalue weighted by molar-refractivity contribution is -0.125. The molecule has 3 aliphatic rings. The predicted molar refractivity (Wildman–Crippen MR) is 127 cm³/mol. The van der Waals surface area contributed by atoms with Gasteiger partial charge in [-0.1, -0.05) is 59.6 Å². The highest BCUT2D eigenvalue weighted by molar-refractivity contribution is 6.31. The average molecular weight is 459 g/mol. The number of rotatable bonds is 1. The fourth-order valence-electron chi connectivity index (χ4n) is 6.00. The zero-order valence-corrected chi connectivity index (χ0v) is 19.1. The Morgan fingerprint density at radius 3 is 2.64 bits per heavy atom. The number of amides is 2. The van der Waals surface area contributed by atoms with Crippen LogP contribution >= 0.6 is 11.6 Å². The van der Waals surface area contributed by atoms with Crippen molar-refractivity contribution in [3.8, 4) is 5.75 Å². The van der Waals surface area contributed by atoms with E-state index in [0.29, 0.717) is 22.9 Å². The summed E-state index contributed by atoms with van der Waals surface area (Å²) in [5, 5.41) is 3.49. The quantitative estimate of drug-likeness (QED) is 0.534. The maximum atomic E-state index is 14.2. The molecule has 0 aliphatic carbocycles. The largest absolute Gasteiger partial charge is 0.493 e. The van der Waals surface area contributed by atoms with E-state index in [2.05, 4.69) is 11.4 Å². The highest BCUT2D eigenvalue weighted by atomic mass is 35.5. The first-order valence-corrected chi connectivity index (χ1v) is 11.5. The molecule has 0 bridgehead atoms. The van der Waals surface area contributed by atoms with Gasteiger partial charge in [0.25, 0.3) is 11.8 Å². The molecular weight excluding hydrogens is 436 g/mol. The number of nitrogens with one attached hydrogen (secondary N) is 1. The Kier molecular flexibility index (Phi) is 4.36. The summed E-state index contributed by atoms with van der Waals surface area (Å²) in [6, 6.07) is 20.8. The topological polar surface area (TPSA) is 58.6 Å². The van der Waals surface area contributed by atoms with Crippen molar-refractivity contribution >= 4 is 29.1 Å². The summed E-state index contributed by atoms with van der Waals surface area (Å²) in [4.78, 5) is 29.9. The van der Waals surface area contributed by atoms with Gasteiger partial charge in [-0.15, -0.1) is 0 Å². The van der Waals surface area contributed by atoms with Crippen molar-refractivity contribution in [1.82, 2.24) is 4.90 Å². The summed E-state index contributed by atoms with van der Waals surface area (Å²) in [6.45, 7) is 4.34. The molecule has 3 heterocycles. The summed E-state index contributed by atoms with van der Waals surface area (Å²) < 4.78 is 6.19. The van der Waals surface area contributed by atoms with Crippen LogP contribution in [0.15, 0.2) is 66.7 Å². The fraction of sp³-hybridized carbons (Fsp3) is 0.259. The molecule has 6 heteroatoms. The molecule has 3 aliphatic heterocycles. The number of anilines is 1. The molecule has 1 fully saturated rings. The summed E-state index contributed by atoms with van der Waals surface area (Å²) in [5.74, 6) is 0.0421. The van der Waals surface area contributed by atoms with Crippen LogP contribution < -0.4 is 10.1 Å². The molecule has 33 heavy (non-hydrogen) atoms. The average Bonchev–Trinajstić information content (AvgIpc) is 3.06. The molecule has 166 valence electrons. The number of aryl methyl sites for hydroxylation is 1. The third-order valence-electron chi connectivity index (χ3n) is 7.43. The molecule has 0 spiro atoms. The van der Waals surface area contributed by atoms with E-state index in [0.717, 1.165) is 22.4 Å². The molecule has 1 saturated heterocycles. The van der Waals surface area contributed by atoms with Crippen LogP contribution in [-0.4, -0.2) is 28.9 Å². The van der Waals surface area contributed by atoms with E-state index in [4.69, 9.17) is 16.3 Å². The highest BCUT2D eigenvalue weighted by Crippen LogP contribution is 2.60. The number of carbonyl (C=O) groups is 2. The summed E-state index contributed by atoms with van der Waals surface area (Å²) in [5.41, 5.74) is 2.83. The third-order valence-corrected chi connectivity index (χ3v) is 7.67. The van der Waals surface area contributed by atoms with E-state index in [-0.39, 0.29) is 29.7 Å². The first-order chi connectivity index (χ1) is 15.9. The van der Waals surface area contributed by atoms with Gasteiger partial charge in [0.2, 0.25) is 0 Å². The van der Waals surface area contributed by atoms with Crippen molar-refractivity contribution in [1.29, 1.82) is 0 Å². The number of ether oxygens (including phenoxy) is 1. The van der Waals surface area contributed by atoms with Gasteiger partial charge >= 0.3 is 0 Å².